The zero-order valence-electron chi connectivity index (χ0n) is 17.1. The van der Waals surface area contributed by atoms with Crippen molar-refractivity contribution in [1.29, 1.82) is 0 Å². The van der Waals surface area contributed by atoms with Gasteiger partial charge in [0, 0.05) is 31.3 Å². The lowest BCUT2D eigenvalue weighted by Crippen LogP contribution is -2.33. The molecule has 0 saturated carbocycles. The summed E-state index contributed by atoms with van der Waals surface area (Å²) >= 11 is 0. The van der Waals surface area contributed by atoms with Crippen LogP contribution in [0.1, 0.15) is 18.9 Å². The van der Waals surface area contributed by atoms with Gasteiger partial charge in [-0.15, -0.1) is 24.0 Å². The quantitative estimate of drug-likeness (QED) is 0.295. The molecule has 1 amide bonds. The third-order valence-corrected chi connectivity index (χ3v) is 4.31. The van der Waals surface area contributed by atoms with Crippen LogP contribution in [0.5, 0.6) is 11.5 Å². The van der Waals surface area contributed by atoms with E-state index >= 15 is 0 Å². The first-order valence-electron chi connectivity index (χ1n) is 10.00. The summed E-state index contributed by atoms with van der Waals surface area (Å²) in [5, 5.41) is 9.26. The molecule has 3 N–H and O–H groups in total. The maximum Gasteiger partial charge on any atom is 0.241 e. The molecule has 0 unspecified atom stereocenters. The van der Waals surface area contributed by atoms with E-state index in [1.807, 2.05) is 55.5 Å². The van der Waals surface area contributed by atoms with E-state index in [2.05, 4.69) is 20.9 Å². The summed E-state index contributed by atoms with van der Waals surface area (Å²) in [5.74, 6) is 1.88. The van der Waals surface area contributed by atoms with E-state index in [1.165, 1.54) is 5.56 Å². The number of halogens is 1. The zero-order chi connectivity index (χ0) is 20.3. The van der Waals surface area contributed by atoms with Crippen LogP contribution in [0.2, 0.25) is 0 Å². The van der Waals surface area contributed by atoms with Crippen LogP contribution in [0.3, 0.4) is 0 Å². The largest absolute Gasteiger partial charge is 0.490 e. The van der Waals surface area contributed by atoms with Gasteiger partial charge in [-0.1, -0.05) is 30.3 Å². The second-order valence-electron chi connectivity index (χ2n) is 6.62. The van der Waals surface area contributed by atoms with Gasteiger partial charge < -0.3 is 25.4 Å². The number of guanidine groups is 1. The maximum atomic E-state index is 12.1. The molecule has 7 nitrogen and oxygen atoms in total. The van der Waals surface area contributed by atoms with E-state index in [9.17, 15) is 4.79 Å². The molecular weight excluding hydrogens is 495 g/mol. The van der Waals surface area contributed by atoms with Crippen molar-refractivity contribution < 1.29 is 14.3 Å². The highest BCUT2D eigenvalue weighted by Crippen LogP contribution is 2.32. The number of hydrogen-bond donors (Lipinski definition) is 3. The van der Waals surface area contributed by atoms with E-state index in [0.29, 0.717) is 38.0 Å². The molecule has 0 bridgehead atoms. The Morgan fingerprint density at radius 3 is 2.57 bits per heavy atom. The second kappa shape index (κ2) is 12.9. The van der Waals surface area contributed by atoms with Gasteiger partial charge in [0.2, 0.25) is 5.91 Å². The molecule has 0 atom stereocenters. The smallest absolute Gasteiger partial charge is 0.241 e. The van der Waals surface area contributed by atoms with Gasteiger partial charge >= 0.3 is 0 Å². The first-order valence-corrected chi connectivity index (χ1v) is 10.00. The summed E-state index contributed by atoms with van der Waals surface area (Å²) in [6, 6.07) is 15.7. The number of carbonyl (C=O) groups is 1. The third-order valence-electron chi connectivity index (χ3n) is 4.31. The summed E-state index contributed by atoms with van der Waals surface area (Å²) in [6.45, 7) is 4.59. The van der Waals surface area contributed by atoms with Crippen molar-refractivity contribution >= 4 is 41.5 Å². The van der Waals surface area contributed by atoms with Gasteiger partial charge in [-0.25, -0.2) is 4.99 Å². The number of rotatable bonds is 7. The van der Waals surface area contributed by atoms with E-state index in [0.717, 1.165) is 24.3 Å². The first kappa shape index (κ1) is 23.8. The van der Waals surface area contributed by atoms with Crippen LogP contribution >= 0.6 is 24.0 Å². The highest BCUT2D eigenvalue weighted by Gasteiger charge is 2.11. The van der Waals surface area contributed by atoms with Crippen LogP contribution in [-0.2, 0) is 11.2 Å². The van der Waals surface area contributed by atoms with Gasteiger partial charge in [-0.05, 0) is 31.0 Å². The number of nitrogens with one attached hydrogen (secondary N) is 3. The monoisotopic (exact) mass is 524 g/mol. The van der Waals surface area contributed by atoms with Crippen molar-refractivity contribution in [2.45, 2.75) is 19.8 Å². The predicted octanol–water partition coefficient (Wildman–Crippen LogP) is 3.20. The van der Waals surface area contributed by atoms with E-state index in [-0.39, 0.29) is 36.4 Å². The number of amides is 1. The van der Waals surface area contributed by atoms with Gasteiger partial charge in [-0.3, -0.25) is 4.79 Å². The van der Waals surface area contributed by atoms with E-state index < -0.39 is 0 Å². The molecule has 0 aromatic heterocycles. The Labute approximate surface area is 194 Å². The van der Waals surface area contributed by atoms with Crippen molar-refractivity contribution in [3.05, 3.63) is 54.1 Å². The number of fused-ring (bicyclic) bond motifs is 1. The Bertz CT molecular complexity index is 830. The molecule has 30 heavy (non-hydrogen) atoms. The summed E-state index contributed by atoms with van der Waals surface area (Å²) < 4.78 is 11.4. The molecule has 1 heterocycles. The fourth-order valence-electron chi connectivity index (χ4n) is 2.88. The van der Waals surface area contributed by atoms with E-state index in [4.69, 9.17) is 9.47 Å². The molecule has 0 saturated heterocycles. The highest BCUT2D eigenvalue weighted by atomic mass is 127. The minimum Gasteiger partial charge on any atom is -0.490 e. The summed E-state index contributed by atoms with van der Waals surface area (Å²) in [6.07, 6.45) is 1.66. The van der Waals surface area contributed by atoms with Gasteiger partial charge in [0.25, 0.3) is 0 Å². The van der Waals surface area contributed by atoms with Crippen molar-refractivity contribution in [2.24, 2.45) is 4.99 Å². The van der Waals surface area contributed by atoms with Crippen LogP contribution in [0.15, 0.2) is 53.5 Å². The minimum atomic E-state index is -0.114. The lowest BCUT2D eigenvalue weighted by molar-refractivity contribution is -0.119. The van der Waals surface area contributed by atoms with Crippen LogP contribution in [0.4, 0.5) is 5.69 Å². The molecule has 3 rings (SSSR count). The Kier molecular flexibility index (Phi) is 10.3. The number of aliphatic imine (C=N–C) groups is 1. The fraction of sp³-hybridized carbons (Fsp3) is 0.364. The predicted molar refractivity (Wildman–Crippen MR) is 130 cm³/mol. The van der Waals surface area contributed by atoms with Crippen molar-refractivity contribution in [3.8, 4) is 11.5 Å². The number of benzene rings is 2. The topological polar surface area (TPSA) is 84.0 Å². The normalized spacial score (nSPS) is 12.9. The van der Waals surface area contributed by atoms with Crippen LogP contribution in [0.25, 0.3) is 0 Å². The highest BCUT2D eigenvalue weighted by molar-refractivity contribution is 14.0. The average molecular weight is 524 g/mol. The Morgan fingerprint density at radius 2 is 1.80 bits per heavy atom. The Balaban J connectivity index is 0.00000320. The molecular formula is C22H29IN4O3. The molecule has 2 aromatic carbocycles. The molecule has 2 aromatic rings. The average Bonchev–Trinajstić information content (AvgIpc) is 2.98. The Hall–Kier alpha value is -2.49. The third kappa shape index (κ3) is 7.74. The first-order chi connectivity index (χ1) is 14.2. The Morgan fingerprint density at radius 1 is 1.03 bits per heavy atom. The van der Waals surface area contributed by atoms with Gasteiger partial charge in [0.15, 0.2) is 17.5 Å². The van der Waals surface area contributed by atoms with Gasteiger partial charge in [0.1, 0.15) is 6.54 Å². The van der Waals surface area contributed by atoms with E-state index in [1.54, 1.807) is 0 Å². The van der Waals surface area contributed by atoms with Crippen molar-refractivity contribution in [1.82, 2.24) is 10.6 Å². The molecule has 1 aliphatic heterocycles. The number of anilines is 1. The molecule has 0 spiro atoms. The summed E-state index contributed by atoms with van der Waals surface area (Å²) in [5.41, 5.74) is 2.01. The molecule has 0 fully saturated rings. The molecule has 8 heteroatoms. The molecule has 162 valence electrons. The number of ether oxygens (including phenoxy) is 2. The lowest BCUT2D eigenvalue weighted by Gasteiger charge is -2.13. The number of carbonyl (C=O) groups excluding carboxylic acids is 1. The minimum absolute atomic E-state index is 0. The SMILES string of the molecule is CCNC(=NCC(=O)NCCc1ccccc1)Nc1ccc2c(c1)OCCCO2.I. The molecule has 0 aliphatic carbocycles. The van der Waals surface area contributed by atoms with Gasteiger partial charge in [0.05, 0.1) is 13.2 Å². The molecule has 1 aliphatic rings. The van der Waals surface area contributed by atoms with Gasteiger partial charge in [-0.2, -0.15) is 0 Å². The maximum absolute atomic E-state index is 12.1. The van der Waals surface area contributed by atoms with Crippen LogP contribution in [0, 0.1) is 0 Å². The number of hydrogen-bond acceptors (Lipinski definition) is 4. The zero-order valence-corrected chi connectivity index (χ0v) is 19.5. The van der Waals surface area contributed by atoms with Crippen molar-refractivity contribution in [2.75, 3.05) is 38.2 Å². The summed E-state index contributed by atoms with van der Waals surface area (Å²) in [7, 11) is 0. The van der Waals surface area contributed by atoms with Crippen molar-refractivity contribution in [3.63, 3.8) is 0 Å². The number of nitrogens with zero attached hydrogens (tertiary/aromatic N) is 1. The van der Waals surface area contributed by atoms with Crippen LogP contribution in [-0.4, -0.2) is 44.7 Å². The standard InChI is InChI=1S/C22H28N4O3.HI/c1-2-23-22(25-16-21(27)24-12-11-17-7-4-3-5-8-17)26-18-9-10-19-20(15-18)29-14-6-13-28-19;/h3-5,7-10,15H,2,6,11-14,16H2,1H3,(H,24,27)(H2,23,25,26);1H. The second-order valence-corrected chi connectivity index (χ2v) is 6.62. The molecule has 0 radical (unpaired) electrons. The fourth-order valence-corrected chi connectivity index (χ4v) is 2.88. The lowest BCUT2D eigenvalue weighted by atomic mass is 10.1. The van der Waals surface area contributed by atoms with Crippen LogP contribution < -0.4 is 25.4 Å². The summed E-state index contributed by atoms with van der Waals surface area (Å²) in [4.78, 5) is 16.5.